The van der Waals surface area contributed by atoms with Crippen molar-refractivity contribution >= 4 is 11.5 Å². The highest BCUT2D eigenvalue weighted by atomic mass is 16.1. The van der Waals surface area contributed by atoms with Crippen molar-refractivity contribution in [2.24, 2.45) is 16.7 Å². The van der Waals surface area contributed by atoms with Gasteiger partial charge in [-0.05, 0) is 73.3 Å². The van der Waals surface area contributed by atoms with Crippen LogP contribution < -0.4 is 4.90 Å². The van der Waals surface area contributed by atoms with Crippen molar-refractivity contribution in [1.82, 2.24) is 4.90 Å². The summed E-state index contributed by atoms with van der Waals surface area (Å²) in [6, 6.07) is 6.55. The Kier molecular flexibility index (Phi) is 5.57. The SMILES string of the molecule is CC(=O)c1ccc(C2CC(C)(C)CC(C)(C)C2)c(N2CCN(CC3CC3)CC2)c1. The summed E-state index contributed by atoms with van der Waals surface area (Å²) in [5.41, 5.74) is 4.41. The van der Waals surface area contributed by atoms with Crippen molar-refractivity contribution in [2.45, 2.75) is 72.6 Å². The second-order valence-electron chi connectivity index (χ2n) is 11.7. The number of rotatable bonds is 5. The van der Waals surface area contributed by atoms with Gasteiger partial charge in [0.05, 0.1) is 0 Å². The van der Waals surface area contributed by atoms with Crippen molar-refractivity contribution < 1.29 is 4.79 Å². The fraction of sp³-hybridized carbons (Fsp3) is 0.731. The zero-order valence-corrected chi connectivity index (χ0v) is 19.3. The molecule has 0 unspecified atom stereocenters. The van der Waals surface area contributed by atoms with Crippen LogP contribution in [-0.4, -0.2) is 43.4 Å². The van der Waals surface area contributed by atoms with Gasteiger partial charge in [-0.1, -0.05) is 39.8 Å². The van der Waals surface area contributed by atoms with Gasteiger partial charge in [-0.2, -0.15) is 0 Å². The summed E-state index contributed by atoms with van der Waals surface area (Å²) in [6.07, 6.45) is 6.63. The molecule has 0 bridgehead atoms. The van der Waals surface area contributed by atoms with Crippen molar-refractivity contribution in [1.29, 1.82) is 0 Å². The van der Waals surface area contributed by atoms with E-state index in [4.69, 9.17) is 0 Å². The van der Waals surface area contributed by atoms with Crippen molar-refractivity contribution in [2.75, 3.05) is 37.6 Å². The normalized spacial score (nSPS) is 25.2. The predicted octanol–water partition coefficient (Wildman–Crippen LogP) is 5.74. The van der Waals surface area contributed by atoms with E-state index in [-0.39, 0.29) is 5.78 Å². The molecular formula is C26H40N2O. The number of carbonyl (C=O) groups excluding carboxylic acids is 1. The van der Waals surface area contributed by atoms with Crippen LogP contribution in [0, 0.1) is 16.7 Å². The molecule has 3 aliphatic rings. The molecule has 1 aliphatic heterocycles. The number of anilines is 1. The molecule has 3 nitrogen and oxygen atoms in total. The maximum atomic E-state index is 12.1. The van der Waals surface area contributed by atoms with Crippen LogP contribution in [0.3, 0.4) is 0 Å². The van der Waals surface area contributed by atoms with Gasteiger partial charge >= 0.3 is 0 Å². The highest BCUT2D eigenvalue weighted by Crippen LogP contribution is 2.53. The first kappa shape index (κ1) is 20.9. The topological polar surface area (TPSA) is 23.6 Å². The number of carbonyl (C=O) groups is 1. The summed E-state index contributed by atoms with van der Waals surface area (Å²) < 4.78 is 0. The molecule has 160 valence electrons. The van der Waals surface area contributed by atoms with Crippen LogP contribution in [0.5, 0.6) is 0 Å². The first-order valence-electron chi connectivity index (χ1n) is 11.7. The zero-order chi connectivity index (χ0) is 20.8. The molecule has 1 heterocycles. The number of benzene rings is 1. The Balaban J connectivity index is 1.59. The number of nitrogens with zero attached hydrogens (tertiary/aromatic N) is 2. The first-order valence-corrected chi connectivity index (χ1v) is 11.7. The standard InChI is InChI=1S/C26H40N2O/c1-19(29)21-8-9-23(22-15-25(2,3)18-26(4,5)16-22)24(14-21)28-12-10-27(11-13-28)17-20-6-7-20/h8-9,14,20,22H,6-7,10-13,15-18H2,1-5H3. The smallest absolute Gasteiger partial charge is 0.159 e. The lowest BCUT2D eigenvalue weighted by Crippen LogP contribution is -2.47. The summed E-state index contributed by atoms with van der Waals surface area (Å²) in [6.45, 7) is 17.2. The van der Waals surface area contributed by atoms with Gasteiger partial charge in [-0.25, -0.2) is 0 Å². The summed E-state index contributed by atoms with van der Waals surface area (Å²) >= 11 is 0. The minimum absolute atomic E-state index is 0.175. The van der Waals surface area contributed by atoms with Crippen LogP contribution in [0.4, 0.5) is 5.69 Å². The van der Waals surface area contributed by atoms with Crippen molar-refractivity contribution in [3.63, 3.8) is 0 Å². The third-order valence-corrected chi connectivity index (χ3v) is 7.36. The van der Waals surface area contributed by atoms with Crippen LogP contribution in [0.25, 0.3) is 0 Å². The molecule has 2 aliphatic carbocycles. The molecule has 2 saturated carbocycles. The van der Waals surface area contributed by atoms with Gasteiger partial charge in [0.1, 0.15) is 0 Å². The molecule has 0 atom stereocenters. The summed E-state index contributed by atoms with van der Waals surface area (Å²) in [5, 5.41) is 0. The molecule has 1 aromatic rings. The molecule has 3 fully saturated rings. The number of piperazine rings is 1. The second kappa shape index (κ2) is 7.72. The molecule has 29 heavy (non-hydrogen) atoms. The second-order valence-corrected chi connectivity index (χ2v) is 11.7. The first-order chi connectivity index (χ1) is 13.6. The average molecular weight is 397 g/mol. The molecule has 3 heteroatoms. The van der Waals surface area contributed by atoms with Crippen molar-refractivity contribution in [3.05, 3.63) is 29.3 Å². The van der Waals surface area contributed by atoms with Gasteiger partial charge in [0.2, 0.25) is 0 Å². The monoisotopic (exact) mass is 396 g/mol. The lowest BCUT2D eigenvalue weighted by Gasteiger charge is -2.46. The van der Waals surface area contributed by atoms with E-state index < -0.39 is 0 Å². The van der Waals surface area contributed by atoms with E-state index in [9.17, 15) is 4.79 Å². The van der Waals surface area contributed by atoms with Gasteiger partial charge in [0, 0.05) is 44.0 Å². The Labute approximate surface area is 177 Å². The van der Waals surface area contributed by atoms with Gasteiger partial charge in [0.25, 0.3) is 0 Å². The highest BCUT2D eigenvalue weighted by Gasteiger charge is 2.40. The molecule has 0 amide bonds. The number of ketones is 1. The number of hydrogen-bond acceptors (Lipinski definition) is 3. The minimum Gasteiger partial charge on any atom is -0.369 e. The summed E-state index contributed by atoms with van der Waals surface area (Å²) in [4.78, 5) is 17.3. The Bertz CT molecular complexity index is 738. The number of hydrogen-bond donors (Lipinski definition) is 0. The predicted molar refractivity (Wildman–Crippen MR) is 122 cm³/mol. The van der Waals surface area contributed by atoms with Gasteiger partial charge < -0.3 is 4.90 Å². The van der Waals surface area contributed by atoms with Crippen LogP contribution in [0.1, 0.15) is 88.6 Å². The van der Waals surface area contributed by atoms with Crippen LogP contribution in [0.2, 0.25) is 0 Å². The Morgan fingerprint density at radius 2 is 1.62 bits per heavy atom. The average Bonchev–Trinajstić information content (AvgIpc) is 3.43. The molecule has 0 spiro atoms. The molecule has 0 N–H and O–H groups in total. The van der Waals surface area contributed by atoms with E-state index in [1.54, 1.807) is 6.92 Å². The summed E-state index contributed by atoms with van der Waals surface area (Å²) in [5.74, 6) is 1.72. The van der Waals surface area contributed by atoms with E-state index in [0.717, 1.165) is 37.7 Å². The van der Waals surface area contributed by atoms with E-state index >= 15 is 0 Å². The zero-order valence-electron chi connectivity index (χ0n) is 19.3. The maximum absolute atomic E-state index is 12.1. The maximum Gasteiger partial charge on any atom is 0.159 e. The van der Waals surface area contributed by atoms with E-state index in [0.29, 0.717) is 16.7 Å². The highest BCUT2D eigenvalue weighted by molar-refractivity contribution is 5.95. The van der Waals surface area contributed by atoms with Crippen LogP contribution >= 0.6 is 0 Å². The minimum atomic E-state index is 0.175. The fourth-order valence-corrected chi connectivity index (χ4v) is 6.28. The third-order valence-electron chi connectivity index (χ3n) is 7.36. The number of Topliss-reactive ketones (excluding diaryl/α,β-unsaturated/α-hetero) is 1. The largest absolute Gasteiger partial charge is 0.369 e. The van der Waals surface area contributed by atoms with Gasteiger partial charge in [-0.15, -0.1) is 0 Å². The summed E-state index contributed by atoms with van der Waals surface area (Å²) in [7, 11) is 0. The molecular weight excluding hydrogens is 356 g/mol. The Hall–Kier alpha value is -1.35. The molecule has 0 radical (unpaired) electrons. The quantitative estimate of drug-likeness (QED) is 0.593. The molecule has 0 aromatic heterocycles. The third kappa shape index (κ3) is 5.05. The fourth-order valence-electron chi connectivity index (χ4n) is 6.28. The van der Waals surface area contributed by atoms with Crippen LogP contribution in [0.15, 0.2) is 18.2 Å². The van der Waals surface area contributed by atoms with Gasteiger partial charge in [0.15, 0.2) is 5.78 Å². The van der Waals surface area contributed by atoms with E-state index in [2.05, 4.69) is 55.7 Å². The van der Waals surface area contributed by atoms with E-state index in [1.165, 1.54) is 49.9 Å². The van der Waals surface area contributed by atoms with Crippen molar-refractivity contribution in [3.8, 4) is 0 Å². The lowest BCUT2D eigenvalue weighted by molar-refractivity contribution is 0.0967. The Morgan fingerprint density at radius 1 is 1.00 bits per heavy atom. The van der Waals surface area contributed by atoms with Gasteiger partial charge in [-0.3, -0.25) is 9.69 Å². The Morgan fingerprint density at radius 3 is 2.17 bits per heavy atom. The van der Waals surface area contributed by atoms with Crippen LogP contribution in [-0.2, 0) is 0 Å². The lowest BCUT2D eigenvalue weighted by atomic mass is 9.60. The molecule has 1 aromatic carbocycles. The van der Waals surface area contributed by atoms with E-state index in [1.807, 2.05) is 0 Å². The molecule has 1 saturated heterocycles. The molecule has 4 rings (SSSR count).